The van der Waals surface area contributed by atoms with Gasteiger partial charge in [0.05, 0.1) is 30.8 Å². The van der Waals surface area contributed by atoms with Crippen LogP contribution in [0.2, 0.25) is 0 Å². The van der Waals surface area contributed by atoms with E-state index in [1.54, 1.807) is 24.1 Å². The lowest BCUT2D eigenvalue weighted by Gasteiger charge is -2.22. The number of nitrogens with zero attached hydrogens (tertiary/aromatic N) is 2. The molecule has 1 aromatic carbocycles. The number of nitrogens with two attached hydrogens (primary N) is 1. The Kier molecular flexibility index (Phi) is 4.15. The summed E-state index contributed by atoms with van der Waals surface area (Å²) in [6.07, 6.45) is 0. The molecule has 1 aromatic rings. The van der Waals surface area contributed by atoms with E-state index >= 15 is 0 Å². The lowest BCUT2D eigenvalue weighted by Crippen LogP contribution is -2.41. The molecule has 5 nitrogen and oxygen atoms in total. The zero-order valence-electron chi connectivity index (χ0n) is 10.9. The van der Waals surface area contributed by atoms with Crippen molar-refractivity contribution >= 4 is 5.91 Å². The molecule has 0 radical (unpaired) electrons. The summed E-state index contributed by atoms with van der Waals surface area (Å²) in [5.41, 5.74) is 7.44. The summed E-state index contributed by atoms with van der Waals surface area (Å²) in [4.78, 5) is 13.9. The number of ether oxygens (including phenoxy) is 1. The maximum absolute atomic E-state index is 12.2. The summed E-state index contributed by atoms with van der Waals surface area (Å²) in [6, 6.07) is 9.06. The number of nitriles is 1. The second-order valence-electron chi connectivity index (χ2n) is 4.81. The van der Waals surface area contributed by atoms with Crippen LogP contribution < -0.4 is 5.73 Å². The molecular weight excluding hydrogens is 242 g/mol. The normalized spacial score (nSPS) is 21.9. The van der Waals surface area contributed by atoms with Gasteiger partial charge in [0.25, 0.3) is 0 Å². The lowest BCUT2D eigenvalue weighted by atomic mass is 10.0. The van der Waals surface area contributed by atoms with E-state index in [0.717, 1.165) is 5.56 Å². The van der Waals surface area contributed by atoms with E-state index < -0.39 is 0 Å². The van der Waals surface area contributed by atoms with Crippen molar-refractivity contribution in [3.8, 4) is 6.07 Å². The maximum Gasteiger partial charge on any atom is 0.229 e. The van der Waals surface area contributed by atoms with E-state index in [0.29, 0.717) is 25.3 Å². The Balaban J connectivity index is 1.98. The zero-order chi connectivity index (χ0) is 13.8. The molecule has 1 aliphatic rings. The van der Waals surface area contributed by atoms with Crippen molar-refractivity contribution in [1.82, 2.24) is 4.90 Å². The summed E-state index contributed by atoms with van der Waals surface area (Å²) in [6.45, 7) is 1.35. The van der Waals surface area contributed by atoms with E-state index in [9.17, 15) is 4.79 Å². The van der Waals surface area contributed by atoms with Gasteiger partial charge >= 0.3 is 0 Å². The predicted molar refractivity (Wildman–Crippen MR) is 69.9 cm³/mol. The third-order valence-electron chi connectivity index (χ3n) is 3.32. The Morgan fingerprint density at radius 3 is 2.68 bits per heavy atom. The van der Waals surface area contributed by atoms with Crippen LogP contribution in [0, 0.1) is 17.2 Å². The Hall–Kier alpha value is -1.90. The zero-order valence-corrected chi connectivity index (χ0v) is 10.9. The molecule has 2 atom stereocenters. The van der Waals surface area contributed by atoms with Crippen molar-refractivity contribution in [3.05, 3.63) is 35.4 Å². The predicted octanol–water partition coefficient (Wildman–Crippen LogP) is 0.490. The fourth-order valence-corrected chi connectivity index (χ4v) is 2.14. The van der Waals surface area contributed by atoms with Crippen molar-refractivity contribution in [2.45, 2.75) is 12.6 Å². The first-order valence-corrected chi connectivity index (χ1v) is 6.19. The molecule has 1 heterocycles. The molecule has 1 aliphatic heterocycles. The fourth-order valence-electron chi connectivity index (χ4n) is 2.14. The van der Waals surface area contributed by atoms with Gasteiger partial charge in [0.1, 0.15) is 0 Å². The summed E-state index contributed by atoms with van der Waals surface area (Å²) in [5.74, 6) is -0.238. The molecule has 1 saturated heterocycles. The molecule has 2 N–H and O–H groups in total. The molecule has 0 saturated carbocycles. The molecule has 0 spiro atoms. The smallest absolute Gasteiger partial charge is 0.229 e. The summed E-state index contributed by atoms with van der Waals surface area (Å²) >= 11 is 0. The lowest BCUT2D eigenvalue weighted by molar-refractivity contribution is -0.135. The first-order chi connectivity index (χ1) is 9.11. The minimum atomic E-state index is -0.247. The van der Waals surface area contributed by atoms with Crippen LogP contribution in [-0.2, 0) is 16.1 Å². The summed E-state index contributed by atoms with van der Waals surface area (Å²) in [7, 11) is 1.76. The maximum atomic E-state index is 12.2. The monoisotopic (exact) mass is 259 g/mol. The fraction of sp³-hybridized carbons (Fsp3) is 0.429. The van der Waals surface area contributed by atoms with Gasteiger partial charge in [0, 0.05) is 19.6 Å². The van der Waals surface area contributed by atoms with Gasteiger partial charge in [-0.25, -0.2) is 0 Å². The molecule has 1 fully saturated rings. The number of carbonyl (C=O) groups is 1. The average molecular weight is 259 g/mol. The van der Waals surface area contributed by atoms with Gasteiger partial charge in [-0.15, -0.1) is 0 Å². The second kappa shape index (κ2) is 5.83. The minimum Gasteiger partial charge on any atom is -0.379 e. The van der Waals surface area contributed by atoms with Crippen LogP contribution in [0.5, 0.6) is 0 Å². The van der Waals surface area contributed by atoms with Gasteiger partial charge in [-0.2, -0.15) is 5.26 Å². The highest BCUT2D eigenvalue weighted by Gasteiger charge is 2.33. The Morgan fingerprint density at radius 2 is 2.16 bits per heavy atom. The van der Waals surface area contributed by atoms with Crippen LogP contribution in [0.25, 0.3) is 0 Å². The Labute approximate surface area is 112 Å². The molecule has 2 unspecified atom stereocenters. The van der Waals surface area contributed by atoms with Crippen molar-refractivity contribution in [3.63, 3.8) is 0 Å². The Morgan fingerprint density at radius 1 is 1.47 bits per heavy atom. The van der Waals surface area contributed by atoms with Crippen LogP contribution >= 0.6 is 0 Å². The van der Waals surface area contributed by atoms with Crippen molar-refractivity contribution in [2.24, 2.45) is 11.7 Å². The van der Waals surface area contributed by atoms with Crippen LogP contribution in [0.3, 0.4) is 0 Å². The van der Waals surface area contributed by atoms with E-state index in [1.807, 2.05) is 12.1 Å². The summed E-state index contributed by atoms with van der Waals surface area (Å²) in [5, 5.41) is 8.73. The van der Waals surface area contributed by atoms with E-state index in [4.69, 9.17) is 15.7 Å². The molecule has 0 aliphatic carbocycles. The third-order valence-corrected chi connectivity index (χ3v) is 3.32. The van der Waals surface area contributed by atoms with Gasteiger partial charge in [-0.3, -0.25) is 4.79 Å². The van der Waals surface area contributed by atoms with Gasteiger partial charge in [-0.05, 0) is 17.7 Å². The highest BCUT2D eigenvalue weighted by Crippen LogP contribution is 2.16. The third kappa shape index (κ3) is 3.11. The highest BCUT2D eigenvalue weighted by molar-refractivity contribution is 5.79. The molecule has 5 heteroatoms. The molecule has 100 valence electrons. The van der Waals surface area contributed by atoms with E-state index in [2.05, 4.69) is 6.07 Å². The Bertz CT molecular complexity index is 492. The van der Waals surface area contributed by atoms with Crippen LogP contribution in [0.1, 0.15) is 11.1 Å². The number of carbonyl (C=O) groups excluding carboxylic acids is 1. The van der Waals surface area contributed by atoms with Crippen molar-refractivity contribution < 1.29 is 9.53 Å². The number of amides is 1. The topological polar surface area (TPSA) is 79.3 Å². The van der Waals surface area contributed by atoms with Crippen molar-refractivity contribution in [2.75, 3.05) is 20.3 Å². The molecule has 2 rings (SSSR count). The number of benzene rings is 1. The summed E-state index contributed by atoms with van der Waals surface area (Å²) < 4.78 is 5.21. The minimum absolute atomic E-state index is 0.00867. The molecule has 19 heavy (non-hydrogen) atoms. The van der Waals surface area contributed by atoms with Gasteiger partial charge in [0.2, 0.25) is 5.91 Å². The van der Waals surface area contributed by atoms with Crippen LogP contribution in [-0.4, -0.2) is 37.1 Å². The van der Waals surface area contributed by atoms with Gasteiger partial charge in [-0.1, -0.05) is 12.1 Å². The van der Waals surface area contributed by atoms with Crippen molar-refractivity contribution in [1.29, 1.82) is 5.26 Å². The molecule has 0 aromatic heterocycles. The quantitative estimate of drug-likeness (QED) is 0.856. The molecular formula is C14H17N3O2. The SMILES string of the molecule is CN(Cc1ccc(C#N)cc1)C(=O)C1COCC1N. The molecule has 0 bridgehead atoms. The highest BCUT2D eigenvalue weighted by atomic mass is 16.5. The number of hydrogen-bond donors (Lipinski definition) is 1. The van der Waals surface area contributed by atoms with E-state index in [-0.39, 0.29) is 17.9 Å². The standard InChI is InChI=1S/C14H17N3O2/c1-17(14(18)12-8-19-9-13(12)16)7-11-4-2-10(6-15)3-5-11/h2-5,12-13H,7-9,16H2,1H3. The second-order valence-corrected chi connectivity index (χ2v) is 4.81. The van der Waals surface area contributed by atoms with Crippen LogP contribution in [0.4, 0.5) is 0 Å². The van der Waals surface area contributed by atoms with Gasteiger partial charge in [0.15, 0.2) is 0 Å². The first kappa shape index (κ1) is 13.5. The average Bonchev–Trinajstić information content (AvgIpc) is 2.85. The van der Waals surface area contributed by atoms with E-state index in [1.165, 1.54) is 0 Å². The largest absolute Gasteiger partial charge is 0.379 e. The first-order valence-electron chi connectivity index (χ1n) is 6.19. The van der Waals surface area contributed by atoms with Crippen LogP contribution in [0.15, 0.2) is 24.3 Å². The molecule has 1 amide bonds. The van der Waals surface area contributed by atoms with Gasteiger partial charge < -0.3 is 15.4 Å². The number of rotatable bonds is 3. The number of hydrogen-bond acceptors (Lipinski definition) is 4.